The van der Waals surface area contributed by atoms with Crippen LogP contribution in [-0.4, -0.2) is 21.4 Å². The summed E-state index contributed by atoms with van der Waals surface area (Å²) in [5.41, 5.74) is 0.867. The number of carbonyl (C=O) groups is 2. The largest absolute Gasteiger partial charge is 0.326 e. The Bertz CT molecular complexity index is 977. The predicted octanol–water partition coefficient (Wildman–Crippen LogP) is 2.06. The minimum absolute atomic E-state index is 0.137. The molecule has 0 saturated heterocycles. The molecule has 0 unspecified atom stereocenters. The number of benzene rings is 1. The van der Waals surface area contributed by atoms with Gasteiger partial charge in [0.15, 0.2) is 0 Å². The van der Waals surface area contributed by atoms with Gasteiger partial charge in [-0.1, -0.05) is 6.07 Å². The van der Waals surface area contributed by atoms with E-state index in [2.05, 4.69) is 15.6 Å². The first kappa shape index (κ1) is 15.9. The Balaban J connectivity index is 1.74. The number of aromatic nitrogens is 2. The minimum atomic E-state index is -0.353. The molecule has 0 aliphatic heterocycles. The molecule has 0 spiro atoms. The number of amides is 2. The molecule has 2 amide bonds. The van der Waals surface area contributed by atoms with Crippen molar-refractivity contribution in [1.82, 2.24) is 9.55 Å². The lowest BCUT2D eigenvalue weighted by Gasteiger charge is -2.09. The Morgan fingerprint density at radius 1 is 1.21 bits per heavy atom. The lowest BCUT2D eigenvalue weighted by molar-refractivity contribution is -0.117. The minimum Gasteiger partial charge on any atom is -0.326 e. The van der Waals surface area contributed by atoms with Gasteiger partial charge in [-0.25, -0.2) is 4.98 Å². The summed E-state index contributed by atoms with van der Waals surface area (Å²) >= 11 is 1.38. The molecule has 0 atom stereocenters. The van der Waals surface area contributed by atoms with Crippen LogP contribution in [0.5, 0.6) is 0 Å². The number of anilines is 2. The van der Waals surface area contributed by atoms with Gasteiger partial charge in [0.05, 0.1) is 11.7 Å². The summed E-state index contributed by atoms with van der Waals surface area (Å²) in [6.45, 7) is 1.27. The predicted molar refractivity (Wildman–Crippen MR) is 93.3 cm³/mol. The van der Waals surface area contributed by atoms with Crippen molar-refractivity contribution in [3.63, 3.8) is 0 Å². The van der Waals surface area contributed by atoms with Gasteiger partial charge in [0.2, 0.25) is 11.8 Å². The molecule has 2 heterocycles. The maximum absolute atomic E-state index is 12.3. The topological polar surface area (TPSA) is 93.1 Å². The first-order valence-electron chi connectivity index (χ1n) is 7.13. The molecule has 122 valence electrons. The Labute approximate surface area is 141 Å². The second-order valence-electron chi connectivity index (χ2n) is 5.13. The fourth-order valence-corrected chi connectivity index (χ4v) is 2.96. The van der Waals surface area contributed by atoms with E-state index in [0.717, 1.165) is 0 Å². The van der Waals surface area contributed by atoms with Crippen LogP contribution in [0.25, 0.3) is 10.2 Å². The molecule has 3 rings (SSSR count). The third kappa shape index (κ3) is 3.49. The highest BCUT2D eigenvalue weighted by Crippen LogP contribution is 2.15. The van der Waals surface area contributed by atoms with E-state index in [9.17, 15) is 14.4 Å². The van der Waals surface area contributed by atoms with Gasteiger partial charge in [0.25, 0.3) is 5.56 Å². The Morgan fingerprint density at radius 2 is 1.96 bits per heavy atom. The van der Waals surface area contributed by atoms with E-state index in [1.165, 1.54) is 29.2 Å². The zero-order valence-electron chi connectivity index (χ0n) is 12.8. The molecule has 0 aliphatic rings. The average Bonchev–Trinajstić information content (AvgIpc) is 2.99. The summed E-state index contributed by atoms with van der Waals surface area (Å²) in [6, 6.07) is 8.47. The number of nitrogens with one attached hydrogen (secondary N) is 2. The molecular formula is C16H14N4O3S. The summed E-state index contributed by atoms with van der Waals surface area (Å²) in [4.78, 5) is 40.3. The Kier molecular flexibility index (Phi) is 4.39. The van der Waals surface area contributed by atoms with Crippen LogP contribution in [0.1, 0.15) is 6.92 Å². The number of rotatable bonds is 4. The SMILES string of the molecule is CC(=O)Nc1cccc(NC(=O)Cn2cnc3sccc3c2=O)c1. The second kappa shape index (κ2) is 6.63. The van der Waals surface area contributed by atoms with E-state index in [4.69, 9.17) is 0 Å². The van der Waals surface area contributed by atoms with Gasteiger partial charge >= 0.3 is 0 Å². The van der Waals surface area contributed by atoms with Crippen LogP contribution in [0, 0.1) is 0 Å². The van der Waals surface area contributed by atoms with Crippen molar-refractivity contribution in [2.75, 3.05) is 10.6 Å². The third-order valence-electron chi connectivity index (χ3n) is 3.23. The Hall–Kier alpha value is -3.00. The van der Waals surface area contributed by atoms with Gasteiger partial charge in [-0.2, -0.15) is 0 Å². The smallest absolute Gasteiger partial charge is 0.262 e. The van der Waals surface area contributed by atoms with Crippen LogP contribution in [0.2, 0.25) is 0 Å². The molecule has 3 aromatic rings. The van der Waals surface area contributed by atoms with Gasteiger partial charge < -0.3 is 10.6 Å². The van der Waals surface area contributed by atoms with Gasteiger partial charge in [0, 0.05) is 18.3 Å². The standard InChI is InChI=1S/C16H14N4O3S/c1-10(21)18-11-3-2-4-12(7-11)19-14(22)8-20-9-17-15-13(16(20)23)5-6-24-15/h2-7,9H,8H2,1H3,(H,18,21)(H,19,22). The molecule has 1 aromatic carbocycles. The summed E-state index contributed by atoms with van der Waals surface area (Å²) < 4.78 is 1.27. The van der Waals surface area contributed by atoms with E-state index in [0.29, 0.717) is 21.6 Å². The van der Waals surface area contributed by atoms with Gasteiger partial charge in [-0.05, 0) is 29.6 Å². The zero-order chi connectivity index (χ0) is 17.1. The number of nitrogens with zero attached hydrogens (tertiary/aromatic N) is 2. The van der Waals surface area contributed by atoms with Crippen LogP contribution in [0.3, 0.4) is 0 Å². The molecule has 0 aliphatic carbocycles. The molecule has 8 heteroatoms. The molecule has 0 fully saturated rings. The molecule has 0 radical (unpaired) electrons. The molecule has 2 aromatic heterocycles. The summed E-state index contributed by atoms with van der Waals surface area (Å²) in [5, 5.41) is 7.63. The molecular weight excluding hydrogens is 328 g/mol. The third-order valence-corrected chi connectivity index (χ3v) is 4.05. The van der Waals surface area contributed by atoms with E-state index >= 15 is 0 Å². The molecule has 0 bridgehead atoms. The maximum atomic E-state index is 12.3. The Morgan fingerprint density at radius 3 is 2.71 bits per heavy atom. The van der Waals surface area contributed by atoms with Crippen molar-refractivity contribution in [3.05, 3.63) is 52.4 Å². The highest BCUT2D eigenvalue weighted by atomic mass is 32.1. The maximum Gasteiger partial charge on any atom is 0.262 e. The average molecular weight is 342 g/mol. The molecule has 24 heavy (non-hydrogen) atoms. The lowest BCUT2D eigenvalue weighted by Crippen LogP contribution is -2.27. The van der Waals surface area contributed by atoms with E-state index < -0.39 is 0 Å². The second-order valence-corrected chi connectivity index (χ2v) is 6.02. The van der Waals surface area contributed by atoms with Crippen LogP contribution >= 0.6 is 11.3 Å². The highest BCUT2D eigenvalue weighted by molar-refractivity contribution is 7.16. The van der Waals surface area contributed by atoms with E-state index in [-0.39, 0.29) is 23.9 Å². The summed E-state index contributed by atoms with van der Waals surface area (Å²) in [6.07, 6.45) is 1.37. The van der Waals surface area contributed by atoms with Crippen molar-refractivity contribution in [1.29, 1.82) is 0 Å². The lowest BCUT2D eigenvalue weighted by atomic mass is 10.2. The zero-order valence-corrected chi connectivity index (χ0v) is 13.6. The monoisotopic (exact) mass is 342 g/mol. The van der Waals surface area contributed by atoms with Gasteiger partial charge in [0.1, 0.15) is 11.4 Å². The fraction of sp³-hybridized carbons (Fsp3) is 0.125. The molecule has 2 N–H and O–H groups in total. The van der Waals surface area contributed by atoms with Crippen molar-refractivity contribution < 1.29 is 9.59 Å². The van der Waals surface area contributed by atoms with Crippen molar-refractivity contribution in [2.24, 2.45) is 0 Å². The van der Waals surface area contributed by atoms with Crippen molar-refractivity contribution >= 4 is 44.7 Å². The van der Waals surface area contributed by atoms with E-state index in [1.807, 2.05) is 0 Å². The molecule has 7 nitrogen and oxygen atoms in total. The number of carbonyl (C=O) groups excluding carboxylic acids is 2. The first-order valence-corrected chi connectivity index (χ1v) is 8.01. The van der Waals surface area contributed by atoms with Gasteiger partial charge in [-0.15, -0.1) is 11.3 Å². The normalized spacial score (nSPS) is 10.5. The van der Waals surface area contributed by atoms with Crippen LogP contribution in [0.4, 0.5) is 11.4 Å². The van der Waals surface area contributed by atoms with Crippen LogP contribution < -0.4 is 16.2 Å². The summed E-state index contributed by atoms with van der Waals surface area (Å²) in [5.74, 6) is -0.548. The van der Waals surface area contributed by atoms with Crippen molar-refractivity contribution in [2.45, 2.75) is 13.5 Å². The first-order chi connectivity index (χ1) is 11.5. The number of hydrogen-bond donors (Lipinski definition) is 2. The quantitative estimate of drug-likeness (QED) is 0.759. The van der Waals surface area contributed by atoms with E-state index in [1.54, 1.807) is 35.7 Å². The van der Waals surface area contributed by atoms with Gasteiger partial charge in [-0.3, -0.25) is 19.0 Å². The number of fused-ring (bicyclic) bond motifs is 1. The van der Waals surface area contributed by atoms with Crippen molar-refractivity contribution in [3.8, 4) is 0 Å². The summed E-state index contributed by atoms with van der Waals surface area (Å²) in [7, 11) is 0. The highest BCUT2D eigenvalue weighted by Gasteiger charge is 2.09. The number of hydrogen-bond acceptors (Lipinski definition) is 5. The number of thiophene rings is 1. The van der Waals surface area contributed by atoms with Crippen LogP contribution in [0.15, 0.2) is 46.8 Å². The van der Waals surface area contributed by atoms with Crippen LogP contribution in [-0.2, 0) is 16.1 Å². The molecule has 0 saturated carbocycles. The fourth-order valence-electron chi connectivity index (χ4n) is 2.24.